The standard InChI is InChI=1S/C15H25NOSSi/c1-13-9-7-10-16-14(13)18-12-8-11-17-19(5,6)15(2,3)4/h7-10,12H,11H2,1-6H3. The van der Waals surface area contributed by atoms with Gasteiger partial charge in [0.25, 0.3) is 0 Å². The molecule has 4 heteroatoms. The Labute approximate surface area is 122 Å². The summed E-state index contributed by atoms with van der Waals surface area (Å²) >= 11 is 1.65. The molecule has 0 fully saturated rings. The van der Waals surface area contributed by atoms with Crippen LogP contribution in [-0.2, 0) is 4.43 Å². The predicted octanol–water partition coefficient (Wildman–Crippen LogP) is 5.02. The van der Waals surface area contributed by atoms with E-state index < -0.39 is 8.32 Å². The van der Waals surface area contributed by atoms with Crippen LogP contribution in [0.5, 0.6) is 0 Å². The SMILES string of the molecule is Cc1cccnc1SC=CCO[Si](C)(C)C(C)(C)C. The van der Waals surface area contributed by atoms with Crippen LogP contribution in [-0.4, -0.2) is 19.9 Å². The monoisotopic (exact) mass is 295 g/mol. The van der Waals surface area contributed by atoms with Gasteiger partial charge in [-0.3, -0.25) is 0 Å². The third-order valence-electron chi connectivity index (χ3n) is 3.58. The van der Waals surface area contributed by atoms with Gasteiger partial charge in [-0.15, -0.1) is 0 Å². The van der Waals surface area contributed by atoms with E-state index in [1.807, 2.05) is 12.3 Å². The summed E-state index contributed by atoms with van der Waals surface area (Å²) in [5.41, 5.74) is 1.21. The molecule has 0 bridgehead atoms. The quantitative estimate of drug-likeness (QED) is 0.562. The molecule has 1 aromatic heterocycles. The van der Waals surface area contributed by atoms with Crippen molar-refractivity contribution in [3.05, 3.63) is 35.4 Å². The van der Waals surface area contributed by atoms with Crippen molar-refractivity contribution in [1.82, 2.24) is 4.98 Å². The highest BCUT2D eigenvalue weighted by molar-refractivity contribution is 8.02. The van der Waals surface area contributed by atoms with Crippen LogP contribution < -0.4 is 0 Å². The van der Waals surface area contributed by atoms with Crippen molar-refractivity contribution in [2.45, 2.75) is 50.9 Å². The highest BCUT2D eigenvalue weighted by Gasteiger charge is 2.36. The van der Waals surface area contributed by atoms with Crippen LogP contribution in [0.1, 0.15) is 26.3 Å². The molecule has 0 aliphatic carbocycles. The van der Waals surface area contributed by atoms with Crippen molar-refractivity contribution >= 4 is 20.1 Å². The molecule has 0 spiro atoms. The summed E-state index contributed by atoms with van der Waals surface area (Å²) in [6.45, 7) is 14.1. The number of aromatic nitrogens is 1. The van der Waals surface area contributed by atoms with Crippen molar-refractivity contribution in [2.24, 2.45) is 0 Å². The molecule has 106 valence electrons. The number of rotatable bonds is 5. The Morgan fingerprint density at radius 3 is 2.63 bits per heavy atom. The maximum atomic E-state index is 6.08. The summed E-state index contributed by atoms with van der Waals surface area (Å²) in [6.07, 6.45) is 3.91. The van der Waals surface area contributed by atoms with Gasteiger partial charge in [0, 0.05) is 6.20 Å². The second-order valence-corrected chi connectivity index (χ2v) is 11.9. The fourth-order valence-corrected chi connectivity index (χ4v) is 2.84. The lowest BCUT2D eigenvalue weighted by molar-refractivity contribution is 0.328. The first-order valence-electron chi connectivity index (χ1n) is 6.61. The number of thioether (sulfide) groups is 1. The Hall–Kier alpha value is -0.583. The molecule has 19 heavy (non-hydrogen) atoms. The van der Waals surface area contributed by atoms with Crippen molar-refractivity contribution < 1.29 is 4.43 Å². The van der Waals surface area contributed by atoms with Gasteiger partial charge in [0.1, 0.15) is 5.03 Å². The zero-order valence-corrected chi connectivity index (χ0v) is 14.7. The molecule has 0 aliphatic rings. The number of hydrogen-bond acceptors (Lipinski definition) is 3. The van der Waals surface area contributed by atoms with Gasteiger partial charge in [0.15, 0.2) is 8.32 Å². The second kappa shape index (κ2) is 6.73. The van der Waals surface area contributed by atoms with Crippen molar-refractivity contribution in [3.8, 4) is 0 Å². The molecular weight excluding hydrogens is 270 g/mol. The van der Waals surface area contributed by atoms with Gasteiger partial charge in [-0.05, 0) is 42.1 Å². The summed E-state index contributed by atoms with van der Waals surface area (Å²) in [5, 5.41) is 3.40. The first-order chi connectivity index (χ1) is 8.74. The number of nitrogens with zero attached hydrogens (tertiary/aromatic N) is 1. The number of pyridine rings is 1. The van der Waals surface area contributed by atoms with Gasteiger partial charge in [-0.25, -0.2) is 4.98 Å². The lowest BCUT2D eigenvalue weighted by Gasteiger charge is -2.35. The Bertz CT molecular complexity index is 438. The van der Waals surface area contributed by atoms with E-state index in [0.29, 0.717) is 6.61 Å². The van der Waals surface area contributed by atoms with E-state index in [4.69, 9.17) is 4.43 Å². The highest BCUT2D eigenvalue weighted by atomic mass is 32.2. The number of hydrogen-bond donors (Lipinski definition) is 0. The summed E-state index contributed by atoms with van der Waals surface area (Å²) in [4.78, 5) is 4.34. The van der Waals surface area contributed by atoms with Crippen LogP contribution in [0, 0.1) is 6.92 Å². The van der Waals surface area contributed by atoms with E-state index in [1.165, 1.54) is 5.56 Å². The maximum absolute atomic E-state index is 6.08. The molecule has 0 atom stereocenters. The minimum Gasteiger partial charge on any atom is -0.413 e. The summed E-state index contributed by atoms with van der Waals surface area (Å²) in [5.74, 6) is 0. The summed E-state index contributed by atoms with van der Waals surface area (Å²) in [7, 11) is -1.62. The third kappa shape index (κ3) is 5.13. The van der Waals surface area contributed by atoms with Gasteiger partial charge in [-0.2, -0.15) is 0 Å². The Balaban J connectivity index is 2.42. The first kappa shape index (κ1) is 16.5. The highest BCUT2D eigenvalue weighted by Crippen LogP contribution is 2.36. The molecular formula is C15H25NOSSi. The fraction of sp³-hybridized carbons (Fsp3) is 0.533. The van der Waals surface area contributed by atoms with Crippen LogP contribution in [0.15, 0.2) is 34.8 Å². The smallest absolute Gasteiger partial charge is 0.192 e. The average molecular weight is 296 g/mol. The van der Waals surface area contributed by atoms with E-state index in [1.54, 1.807) is 11.8 Å². The van der Waals surface area contributed by atoms with Crippen LogP contribution >= 0.6 is 11.8 Å². The van der Waals surface area contributed by atoms with Gasteiger partial charge in [0.2, 0.25) is 0 Å². The minimum absolute atomic E-state index is 0.269. The van der Waals surface area contributed by atoms with Crippen LogP contribution in [0.4, 0.5) is 0 Å². The molecule has 0 amide bonds. The van der Waals surface area contributed by atoms with Crippen molar-refractivity contribution in [1.29, 1.82) is 0 Å². The van der Waals surface area contributed by atoms with Crippen molar-refractivity contribution in [3.63, 3.8) is 0 Å². The van der Waals surface area contributed by atoms with Crippen LogP contribution in [0.2, 0.25) is 18.1 Å². The maximum Gasteiger partial charge on any atom is 0.192 e. The molecule has 2 nitrogen and oxygen atoms in total. The van der Waals surface area contributed by atoms with Gasteiger partial charge in [0.05, 0.1) is 6.61 Å². The number of aryl methyl sites for hydroxylation is 1. The predicted molar refractivity (Wildman–Crippen MR) is 87.1 cm³/mol. The molecule has 0 saturated carbocycles. The summed E-state index contributed by atoms with van der Waals surface area (Å²) in [6, 6.07) is 4.04. The lowest BCUT2D eigenvalue weighted by Crippen LogP contribution is -2.40. The van der Waals surface area contributed by atoms with E-state index in [2.05, 4.69) is 63.3 Å². The van der Waals surface area contributed by atoms with Crippen LogP contribution in [0.3, 0.4) is 0 Å². The molecule has 0 saturated heterocycles. The fourth-order valence-electron chi connectivity index (χ4n) is 1.22. The molecule has 1 aromatic rings. The minimum atomic E-state index is -1.62. The van der Waals surface area contributed by atoms with Crippen molar-refractivity contribution in [2.75, 3.05) is 6.61 Å². The first-order valence-corrected chi connectivity index (χ1v) is 10.4. The average Bonchev–Trinajstić information content (AvgIpc) is 2.29. The van der Waals surface area contributed by atoms with E-state index in [-0.39, 0.29) is 5.04 Å². The molecule has 1 rings (SSSR count). The summed E-state index contributed by atoms with van der Waals surface area (Å²) < 4.78 is 6.08. The van der Waals surface area contributed by atoms with Gasteiger partial charge in [-0.1, -0.05) is 44.7 Å². The van der Waals surface area contributed by atoms with E-state index >= 15 is 0 Å². The molecule has 0 aliphatic heterocycles. The lowest BCUT2D eigenvalue weighted by atomic mass is 10.2. The zero-order chi connectivity index (χ0) is 14.5. The Kier molecular flexibility index (Phi) is 5.83. The zero-order valence-electron chi connectivity index (χ0n) is 12.9. The normalized spacial score (nSPS) is 13.2. The molecule has 0 unspecified atom stereocenters. The Morgan fingerprint density at radius 1 is 1.37 bits per heavy atom. The van der Waals surface area contributed by atoms with Gasteiger partial charge < -0.3 is 4.43 Å². The third-order valence-corrected chi connectivity index (χ3v) is 9.06. The topological polar surface area (TPSA) is 22.1 Å². The van der Waals surface area contributed by atoms with Crippen LogP contribution in [0.25, 0.3) is 0 Å². The van der Waals surface area contributed by atoms with Gasteiger partial charge >= 0.3 is 0 Å². The Morgan fingerprint density at radius 2 is 2.05 bits per heavy atom. The largest absolute Gasteiger partial charge is 0.413 e. The molecule has 1 heterocycles. The van der Waals surface area contributed by atoms with E-state index in [0.717, 1.165) is 5.03 Å². The van der Waals surface area contributed by atoms with E-state index in [9.17, 15) is 0 Å². The molecule has 0 radical (unpaired) electrons. The second-order valence-electron chi connectivity index (χ2n) is 6.19. The molecule has 0 N–H and O–H groups in total. The molecule has 0 aromatic carbocycles.